The summed E-state index contributed by atoms with van der Waals surface area (Å²) in [5.41, 5.74) is 6.01. The van der Waals surface area contributed by atoms with Gasteiger partial charge in [-0.25, -0.2) is 29.5 Å². The Kier molecular flexibility index (Phi) is 26.2. The van der Waals surface area contributed by atoms with Gasteiger partial charge in [0.05, 0.1) is 26.4 Å². The molecule has 0 radical (unpaired) electrons. The lowest BCUT2D eigenvalue weighted by atomic mass is 9.90. The van der Waals surface area contributed by atoms with Crippen molar-refractivity contribution in [3.63, 3.8) is 0 Å². The molecule has 3 unspecified atom stereocenters. The van der Waals surface area contributed by atoms with Crippen LogP contribution in [-0.2, 0) is 47.3 Å². The Balaban J connectivity index is 0.000000264. The van der Waals surface area contributed by atoms with Crippen LogP contribution in [0.2, 0.25) is 0 Å². The van der Waals surface area contributed by atoms with Gasteiger partial charge < -0.3 is 33.1 Å². The maximum absolute atomic E-state index is 13.7. The number of ether oxygens (including phenoxy) is 4. The first-order valence-corrected chi connectivity index (χ1v) is 31.1. The van der Waals surface area contributed by atoms with Gasteiger partial charge in [-0.2, -0.15) is 0 Å². The van der Waals surface area contributed by atoms with Crippen LogP contribution in [0.3, 0.4) is 0 Å². The Labute approximate surface area is 458 Å². The van der Waals surface area contributed by atoms with Gasteiger partial charge in [-0.05, 0) is 153 Å². The van der Waals surface area contributed by atoms with Crippen molar-refractivity contribution in [3.8, 4) is 17.2 Å². The van der Waals surface area contributed by atoms with E-state index in [1.165, 1.54) is 12.8 Å². The summed E-state index contributed by atoms with van der Waals surface area (Å²) in [5.74, 6) is 2.98. The van der Waals surface area contributed by atoms with Crippen LogP contribution < -0.4 is 29.4 Å². The number of phenolic OH excluding ortho intramolecular Hbond substituents is 1. The van der Waals surface area contributed by atoms with Gasteiger partial charge in [0.15, 0.2) is 0 Å². The van der Waals surface area contributed by atoms with Crippen molar-refractivity contribution in [2.24, 2.45) is 17.8 Å². The van der Waals surface area contributed by atoms with Gasteiger partial charge in [0.2, 0.25) is 0 Å². The minimum atomic E-state index is -3.84. The summed E-state index contributed by atoms with van der Waals surface area (Å²) in [6.07, 6.45) is 7.29. The number of para-hydroxylation sites is 3. The molecule has 17 nitrogen and oxygen atoms in total. The second-order valence-electron chi connectivity index (χ2n) is 21.0. The summed E-state index contributed by atoms with van der Waals surface area (Å²) in [4.78, 5) is 47.4. The number of aromatic hydroxyl groups is 1. The van der Waals surface area contributed by atoms with Crippen LogP contribution in [0, 0.1) is 17.8 Å². The quantitative estimate of drug-likeness (QED) is 0.0247. The third-order valence-electron chi connectivity index (χ3n) is 14.0. The van der Waals surface area contributed by atoms with Crippen molar-refractivity contribution in [1.29, 1.82) is 0 Å². The normalized spacial score (nSPS) is 15.5. The molecule has 0 aliphatic heterocycles. The SMILES string of the molecule is CC(C)c1cccc(C(C)C2CC2)c1O.CCOC(=O)CNP(=O)(NCC(=O)OCC)Oc1c(C(C)C)cccc1C(C)C1CC1.CCOC(=O)CNP(=O)(NCC(=O)OCC)Oc1c(C(C)C)cccc1C(C)C1CC1. The fraction of sp³-hybridized carbons (Fsp3) is 0.621. The predicted octanol–water partition coefficient (Wildman–Crippen LogP) is 12.3. The zero-order chi connectivity index (χ0) is 57.0. The largest absolute Gasteiger partial charge is 0.507 e. The summed E-state index contributed by atoms with van der Waals surface area (Å²) >= 11 is 0. The lowest BCUT2D eigenvalue weighted by molar-refractivity contribution is -0.142. The fourth-order valence-electron chi connectivity index (χ4n) is 8.97. The molecule has 3 aliphatic carbocycles. The maximum atomic E-state index is 13.7. The fourth-order valence-corrected chi connectivity index (χ4v) is 11.7. The number of hydrogen-bond acceptors (Lipinski definition) is 13. The Morgan fingerprint density at radius 3 is 0.948 bits per heavy atom. The molecule has 3 atom stereocenters. The van der Waals surface area contributed by atoms with Crippen molar-refractivity contribution in [3.05, 3.63) is 88.0 Å². The number of hydrogen-bond donors (Lipinski definition) is 5. The van der Waals surface area contributed by atoms with Crippen LogP contribution in [0.5, 0.6) is 17.2 Å². The first-order valence-electron chi connectivity index (χ1n) is 27.8. The van der Waals surface area contributed by atoms with Crippen LogP contribution in [-0.4, -0.2) is 81.6 Å². The van der Waals surface area contributed by atoms with E-state index in [0.717, 1.165) is 65.0 Å². The molecule has 6 rings (SSSR count). The standard InChI is InChI=1S/2C22H35N2O6P.C14H20O/c2*1-6-28-20(25)13-23-31(27,24-14-21(26)29-7-2)30-22-18(15(3)4)9-8-10-19(22)16(5)17-11-12-17;1-9(2)12-5-4-6-13(14(12)15)10(3)11-7-8-11/h2*8-10,15-17H,6-7,11-14H2,1-5H3,(H2,23,24,27);4-6,9-11,15H,7-8H2,1-3H3. The van der Waals surface area contributed by atoms with E-state index >= 15 is 0 Å². The molecule has 0 saturated heterocycles. The second-order valence-corrected chi connectivity index (χ2v) is 24.8. The summed E-state index contributed by atoms with van der Waals surface area (Å²) in [5, 5.41) is 20.8. The molecule has 77 heavy (non-hydrogen) atoms. The van der Waals surface area contributed by atoms with E-state index < -0.39 is 39.2 Å². The molecule has 3 fully saturated rings. The average molecular weight is 1110 g/mol. The molecule has 3 aliphatic rings. The van der Waals surface area contributed by atoms with Gasteiger partial charge in [0.25, 0.3) is 0 Å². The van der Waals surface area contributed by atoms with Crippen molar-refractivity contribution in [2.75, 3.05) is 52.6 Å². The van der Waals surface area contributed by atoms with Gasteiger partial charge >= 0.3 is 39.2 Å². The Hall–Kier alpha value is -4.76. The van der Waals surface area contributed by atoms with Crippen LogP contribution in [0.15, 0.2) is 54.6 Å². The third-order valence-corrected chi connectivity index (χ3v) is 17.1. The number of benzene rings is 3. The van der Waals surface area contributed by atoms with Crippen molar-refractivity contribution < 1.29 is 61.4 Å². The number of carbonyl (C=O) groups is 4. The number of esters is 4. The van der Waals surface area contributed by atoms with Crippen LogP contribution >= 0.6 is 15.3 Å². The first kappa shape index (κ1) is 64.8. The van der Waals surface area contributed by atoms with Gasteiger partial charge in [-0.1, -0.05) is 117 Å². The van der Waals surface area contributed by atoms with Gasteiger partial charge in [0.1, 0.15) is 43.4 Å². The smallest absolute Gasteiger partial charge is 0.391 e. The minimum Gasteiger partial charge on any atom is -0.507 e. The van der Waals surface area contributed by atoms with E-state index in [0.29, 0.717) is 40.9 Å². The molecule has 5 N–H and O–H groups in total. The zero-order valence-corrected chi connectivity index (χ0v) is 49.8. The number of rotatable bonds is 29. The zero-order valence-electron chi connectivity index (χ0n) is 48.0. The maximum Gasteiger partial charge on any atom is 0.391 e. The Bertz CT molecular complexity index is 2310. The summed E-state index contributed by atoms with van der Waals surface area (Å²) in [6.45, 7) is 25.3. The summed E-state index contributed by atoms with van der Waals surface area (Å²) in [6, 6.07) is 18.0. The summed E-state index contributed by atoms with van der Waals surface area (Å²) < 4.78 is 59.2. The topological polar surface area (TPSA) is 226 Å². The minimum absolute atomic E-state index is 0.130. The predicted molar refractivity (Wildman–Crippen MR) is 302 cm³/mol. The molecule has 19 heteroatoms. The Morgan fingerprint density at radius 1 is 0.442 bits per heavy atom. The molecule has 430 valence electrons. The molecular weight excluding hydrogens is 1020 g/mol. The van der Waals surface area contributed by atoms with E-state index in [9.17, 15) is 33.4 Å². The lowest BCUT2D eigenvalue weighted by Gasteiger charge is -2.26. The van der Waals surface area contributed by atoms with Crippen molar-refractivity contribution in [2.45, 2.75) is 164 Å². The van der Waals surface area contributed by atoms with Crippen molar-refractivity contribution in [1.82, 2.24) is 20.3 Å². The highest BCUT2D eigenvalue weighted by molar-refractivity contribution is 7.55. The molecule has 0 spiro atoms. The molecule has 0 amide bonds. The summed E-state index contributed by atoms with van der Waals surface area (Å²) in [7, 11) is -7.68. The van der Waals surface area contributed by atoms with Gasteiger partial charge in [-0.15, -0.1) is 0 Å². The second kappa shape index (κ2) is 31.1. The third kappa shape index (κ3) is 20.8. The van der Waals surface area contributed by atoms with Gasteiger partial charge in [-0.3, -0.25) is 19.2 Å². The van der Waals surface area contributed by atoms with E-state index in [-0.39, 0.29) is 76.3 Å². The van der Waals surface area contributed by atoms with Gasteiger partial charge in [0, 0.05) is 0 Å². The monoisotopic (exact) mass is 1110 g/mol. The molecule has 0 heterocycles. The molecule has 0 bridgehead atoms. The van der Waals surface area contributed by atoms with E-state index in [4.69, 9.17) is 28.0 Å². The lowest BCUT2D eigenvalue weighted by Crippen LogP contribution is -2.34. The molecule has 3 saturated carbocycles. The van der Waals surface area contributed by atoms with Crippen molar-refractivity contribution >= 4 is 39.2 Å². The number of phenols is 1. The Morgan fingerprint density at radius 2 is 0.688 bits per heavy atom. The van der Waals surface area contributed by atoms with E-state index in [1.54, 1.807) is 27.7 Å². The highest BCUT2D eigenvalue weighted by atomic mass is 31.2. The molecule has 3 aromatic rings. The number of carbonyl (C=O) groups excluding carboxylic acids is 4. The average Bonchev–Trinajstić information content (AvgIpc) is 4.21. The highest BCUT2D eigenvalue weighted by Crippen LogP contribution is 2.52. The van der Waals surface area contributed by atoms with E-state index in [1.807, 2.05) is 70.2 Å². The van der Waals surface area contributed by atoms with Crippen LogP contribution in [0.1, 0.15) is 197 Å². The van der Waals surface area contributed by atoms with E-state index in [2.05, 4.69) is 67.1 Å². The highest BCUT2D eigenvalue weighted by Gasteiger charge is 2.37. The van der Waals surface area contributed by atoms with Crippen LogP contribution in [0.25, 0.3) is 0 Å². The molecule has 3 aromatic carbocycles. The number of nitrogens with one attached hydrogen (secondary N) is 4. The molecule has 0 aromatic heterocycles. The molecular formula is C58H90N4O13P2. The first-order chi connectivity index (χ1) is 36.5. The van der Waals surface area contributed by atoms with Crippen LogP contribution in [0.4, 0.5) is 0 Å².